The first-order chi connectivity index (χ1) is 20.0. The van der Waals surface area contributed by atoms with Gasteiger partial charge in [-0.2, -0.15) is 0 Å². The second-order valence-electron chi connectivity index (χ2n) is 11.8. The maximum Gasteiger partial charge on any atom is 0.411 e. The fourth-order valence-corrected chi connectivity index (χ4v) is 5.42. The third-order valence-electron chi connectivity index (χ3n) is 7.68. The molecule has 2 heterocycles. The third kappa shape index (κ3) is 5.98. The smallest absolute Gasteiger partial charge is 0.411 e. The molecule has 1 saturated carbocycles. The van der Waals surface area contributed by atoms with E-state index in [9.17, 15) is 14.4 Å². The van der Waals surface area contributed by atoms with Gasteiger partial charge in [-0.3, -0.25) is 9.69 Å². The van der Waals surface area contributed by atoms with Gasteiger partial charge in [0.15, 0.2) is 0 Å². The summed E-state index contributed by atoms with van der Waals surface area (Å²) in [6.45, 7) is 5.44. The maximum atomic E-state index is 13.6. The van der Waals surface area contributed by atoms with Gasteiger partial charge in [0.25, 0.3) is 0 Å². The van der Waals surface area contributed by atoms with Crippen molar-refractivity contribution in [2.24, 2.45) is 0 Å². The molecule has 222 valence electrons. The van der Waals surface area contributed by atoms with E-state index < -0.39 is 41.3 Å². The molecule has 10 heteroatoms. The van der Waals surface area contributed by atoms with E-state index in [0.717, 1.165) is 17.4 Å². The van der Waals surface area contributed by atoms with Crippen molar-refractivity contribution in [3.8, 4) is 22.8 Å². The van der Waals surface area contributed by atoms with Gasteiger partial charge < -0.3 is 24.3 Å². The van der Waals surface area contributed by atoms with Gasteiger partial charge in [0, 0.05) is 29.5 Å². The molecule has 1 N–H and O–H groups in total. The van der Waals surface area contributed by atoms with Crippen molar-refractivity contribution in [3.05, 3.63) is 54.6 Å². The van der Waals surface area contributed by atoms with E-state index in [1.54, 1.807) is 27.9 Å². The minimum Gasteiger partial charge on any atom is -0.497 e. The SMILES string of the molecule is COC(=O)C1(NC(=O)C2CC(Oc3cc(-c4ccccc4)nc4cc(OC)ccc34)CN2C(=O)OC(C)(C)C)CCC1. The third-order valence-corrected chi connectivity index (χ3v) is 7.68. The van der Waals surface area contributed by atoms with Crippen molar-refractivity contribution in [1.82, 2.24) is 15.2 Å². The first-order valence-corrected chi connectivity index (χ1v) is 14.1. The Balaban J connectivity index is 1.46. The van der Waals surface area contributed by atoms with Crippen molar-refractivity contribution >= 4 is 28.9 Å². The molecule has 3 aromatic rings. The topological polar surface area (TPSA) is 116 Å². The zero-order chi connectivity index (χ0) is 30.1. The minimum atomic E-state index is -1.07. The molecular formula is C32H37N3O7. The fourth-order valence-electron chi connectivity index (χ4n) is 5.42. The van der Waals surface area contributed by atoms with Crippen LogP contribution in [0, 0.1) is 0 Å². The van der Waals surface area contributed by atoms with E-state index >= 15 is 0 Å². The molecule has 2 fully saturated rings. The highest BCUT2D eigenvalue weighted by Crippen LogP contribution is 2.36. The molecule has 5 rings (SSSR count). The van der Waals surface area contributed by atoms with Crippen LogP contribution in [0.2, 0.25) is 0 Å². The molecule has 2 amide bonds. The number of hydrogen-bond donors (Lipinski definition) is 1. The van der Waals surface area contributed by atoms with E-state index in [-0.39, 0.29) is 13.0 Å². The standard InChI is InChI=1S/C32H37N3O7/c1-31(2,3)42-30(38)35-19-22(17-26(35)28(36)34-32(14-9-15-32)29(37)40-5)41-27-18-24(20-10-7-6-8-11-20)33-25-16-21(39-4)12-13-23(25)27/h6-8,10-13,16,18,22,26H,9,14-15,17,19H2,1-5H3,(H,34,36). The number of carbonyl (C=O) groups is 3. The Kier molecular flexibility index (Phi) is 7.99. The second kappa shape index (κ2) is 11.5. The van der Waals surface area contributed by atoms with Crippen LogP contribution < -0.4 is 14.8 Å². The molecule has 1 aromatic heterocycles. The van der Waals surface area contributed by atoms with Crippen LogP contribution in [0.25, 0.3) is 22.2 Å². The fraction of sp³-hybridized carbons (Fsp3) is 0.438. The molecule has 0 radical (unpaired) electrons. The van der Waals surface area contributed by atoms with E-state index in [4.69, 9.17) is 23.9 Å². The van der Waals surface area contributed by atoms with Crippen LogP contribution >= 0.6 is 0 Å². The number of methoxy groups -OCH3 is 2. The predicted octanol–water partition coefficient (Wildman–Crippen LogP) is 4.88. The molecule has 1 saturated heterocycles. The summed E-state index contributed by atoms with van der Waals surface area (Å²) in [5.74, 6) is 0.312. The van der Waals surface area contributed by atoms with Crippen LogP contribution in [0.15, 0.2) is 54.6 Å². The highest BCUT2D eigenvalue weighted by Gasteiger charge is 2.50. The summed E-state index contributed by atoms with van der Waals surface area (Å²) in [5.41, 5.74) is 0.484. The summed E-state index contributed by atoms with van der Waals surface area (Å²) < 4.78 is 22.6. The van der Waals surface area contributed by atoms with Gasteiger partial charge in [-0.15, -0.1) is 0 Å². The molecule has 1 aliphatic heterocycles. The number of hydrogen-bond acceptors (Lipinski definition) is 8. The Morgan fingerprint density at radius 2 is 1.76 bits per heavy atom. The number of rotatable bonds is 7. The summed E-state index contributed by atoms with van der Waals surface area (Å²) in [6, 6.07) is 16.3. The lowest BCUT2D eigenvalue weighted by Gasteiger charge is -2.40. The number of esters is 1. The lowest BCUT2D eigenvalue weighted by atomic mass is 9.76. The Morgan fingerprint density at radius 1 is 1.02 bits per heavy atom. The number of pyridine rings is 1. The van der Waals surface area contributed by atoms with Gasteiger partial charge >= 0.3 is 12.1 Å². The minimum absolute atomic E-state index is 0.124. The average Bonchev–Trinajstić information content (AvgIpc) is 3.38. The van der Waals surface area contributed by atoms with Crippen LogP contribution in [0.3, 0.4) is 0 Å². The van der Waals surface area contributed by atoms with Crippen molar-refractivity contribution in [1.29, 1.82) is 0 Å². The molecule has 42 heavy (non-hydrogen) atoms. The first-order valence-electron chi connectivity index (χ1n) is 14.1. The number of nitrogens with one attached hydrogen (secondary N) is 1. The van der Waals surface area contributed by atoms with E-state index in [1.807, 2.05) is 54.6 Å². The second-order valence-corrected chi connectivity index (χ2v) is 11.8. The first kappa shape index (κ1) is 29.2. The van der Waals surface area contributed by atoms with Crippen molar-refractivity contribution in [2.75, 3.05) is 20.8 Å². The Bertz CT molecular complexity index is 1480. The Morgan fingerprint density at radius 3 is 2.38 bits per heavy atom. The van der Waals surface area contributed by atoms with Gasteiger partial charge in [0.2, 0.25) is 5.91 Å². The number of nitrogens with zero attached hydrogens (tertiary/aromatic N) is 2. The van der Waals surface area contributed by atoms with Crippen LogP contribution in [-0.4, -0.2) is 71.9 Å². The zero-order valence-electron chi connectivity index (χ0n) is 24.6. The summed E-state index contributed by atoms with van der Waals surface area (Å²) in [6.07, 6.45) is 0.830. The summed E-state index contributed by atoms with van der Waals surface area (Å²) >= 11 is 0. The summed E-state index contributed by atoms with van der Waals surface area (Å²) in [5, 5.41) is 3.65. The van der Waals surface area contributed by atoms with Gasteiger partial charge in [-0.1, -0.05) is 30.3 Å². The van der Waals surface area contributed by atoms with E-state index in [2.05, 4.69) is 5.32 Å². The summed E-state index contributed by atoms with van der Waals surface area (Å²) in [4.78, 5) is 45.7. The lowest BCUT2D eigenvalue weighted by molar-refractivity contribution is -0.155. The van der Waals surface area contributed by atoms with Crippen molar-refractivity contribution in [2.45, 2.75) is 69.7 Å². The van der Waals surface area contributed by atoms with Crippen LogP contribution in [0.5, 0.6) is 11.5 Å². The number of ether oxygens (including phenoxy) is 4. The van der Waals surface area contributed by atoms with Gasteiger partial charge in [0.1, 0.15) is 34.8 Å². The lowest BCUT2D eigenvalue weighted by Crippen LogP contribution is -2.62. The number of likely N-dealkylation sites (tertiary alicyclic amines) is 1. The number of amides is 2. The molecule has 0 spiro atoms. The zero-order valence-corrected chi connectivity index (χ0v) is 24.6. The summed E-state index contributed by atoms with van der Waals surface area (Å²) in [7, 11) is 2.90. The molecular weight excluding hydrogens is 538 g/mol. The molecule has 10 nitrogen and oxygen atoms in total. The number of carbonyl (C=O) groups excluding carboxylic acids is 3. The quantitative estimate of drug-likeness (QED) is 0.397. The number of aromatic nitrogens is 1. The maximum absolute atomic E-state index is 13.6. The number of fused-ring (bicyclic) bond motifs is 1. The Labute approximate surface area is 245 Å². The molecule has 1 aliphatic carbocycles. The predicted molar refractivity (Wildman–Crippen MR) is 156 cm³/mol. The van der Waals surface area contributed by atoms with E-state index in [0.29, 0.717) is 35.6 Å². The molecule has 2 atom stereocenters. The molecule has 2 aromatic carbocycles. The average molecular weight is 576 g/mol. The normalized spacial score (nSPS) is 19.5. The van der Waals surface area contributed by atoms with Crippen LogP contribution in [-0.2, 0) is 19.1 Å². The van der Waals surface area contributed by atoms with Gasteiger partial charge in [-0.25, -0.2) is 14.6 Å². The highest BCUT2D eigenvalue weighted by atomic mass is 16.6. The molecule has 2 unspecified atom stereocenters. The van der Waals surface area contributed by atoms with Crippen LogP contribution in [0.1, 0.15) is 46.5 Å². The Hall–Kier alpha value is -4.34. The number of benzene rings is 2. The van der Waals surface area contributed by atoms with E-state index in [1.165, 1.54) is 12.0 Å². The van der Waals surface area contributed by atoms with Gasteiger partial charge in [0.05, 0.1) is 32.0 Å². The van der Waals surface area contributed by atoms with Gasteiger partial charge in [-0.05, 0) is 52.2 Å². The largest absolute Gasteiger partial charge is 0.497 e. The van der Waals surface area contributed by atoms with Crippen LogP contribution in [0.4, 0.5) is 4.79 Å². The van der Waals surface area contributed by atoms with Crippen molar-refractivity contribution < 1.29 is 33.3 Å². The molecule has 2 aliphatic rings. The van der Waals surface area contributed by atoms with Crippen molar-refractivity contribution in [3.63, 3.8) is 0 Å². The highest BCUT2D eigenvalue weighted by molar-refractivity contribution is 5.93. The monoisotopic (exact) mass is 575 g/mol. The molecule has 0 bridgehead atoms.